The number of para-hydroxylation sites is 1. The van der Waals surface area contributed by atoms with E-state index in [1.165, 1.54) is 12.1 Å². The molecule has 0 bridgehead atoms. The fraction of sp³-hybridized carbons (Fsp3) is 0.143. The summed E-state index contributed by atoms with van der Waals surface area (Å²) in [5, 5.41) is 9.37. The van der Waals surface area contributed by atoms with Crippen LogP contribution in [0.5, 0.6) is 11.5 Å². The molecule has 4 rings (SSSR count). The van der Waals surface area contributed by atoms with E-state index in [-0.39, 0.29) is 12.2 Å². The summed E-state index contributed by atoms with van der Waals surface area (Å²) in [5.74, 6) is 0.187. The van der Waals surface area contributed by atoms with Crippen molar-refractivity contribution in [3.8, 4) is 11.5 Å². The number of ether oxygens (including phenoxy) is 2. The zero-order valence-electron chi connectivity index (χ0n) is 15.8. The number of amides is 2. The van der Waals surface area contributed by atoms with E-state index in [0.717, 1.165) is 4.68 Å². The van der Waals surface area contributed by atoms with Crippen LogP contribution in [-0.2, 0) is 11.3 Å². The summed E-state index contributed by atoms with van der Waals surface area (Å²) in [6, 6.07) is 16.4. The third-order valence-corrected chi connectivity index (χ3v) is 4.25. The van der Waals surface area contributed by atoms with Gasteiger partial charge < -0.3 is 20.1 Å². The molecule has 0 unspecified atom stereocenters. The van der Waals surface area contributed by atoms with Gasteiger partial charge in [0.05, 0.1) is 0 Å². The van der Waals surface area contributed by atoms with Crippen molar-refractivity contribution in [1.82, 2.24) is 9.78 Å². The number of anilines is 2. The van der Waals surface area contributed by atoms with E-state index in [2.05, 4.69) is 15.7 Å². The fourth-order valence-corrected chi connectivity index (χ4v) is 2.86. The zero-order valence-corrected chi connectivity index (χ0v) is 15.8. The van der Waals surface area contributed by atoms with Crippen molar-refractivity contribution in [1.29, 1.82) is 0 Å². The Morgan fingerprint density at radius 2 is 1.67 bits per heavy atom. The highest BCUT2D eigenvalue weighted by atomic mass is 16.6. The minimum Gasteiger partial charge on any atom is -0.486 e. The van der Waals surface area contributed by atoms with E-state index in [9.17, 15) is 14.4 Å². The van der Waals surface area contributed by atoms with Crippen molar-refractivity contribution in [3.05, 3.63) is 76.7 Å². The average molecular weight is 406 g/mol. The Balaban J connectivity index is 1.45. The molecule has 1 aliphatic heterocycles. The number of fused-ring (bicyclic) bond motifs is 1. The van der Waals surface area contributed by atoms with E-state index < -0.39 is 17.4 Å². The van der Waals surface area contributed by atoms with Gasteiger partial charge in [0.2, 0.25) is 5.91 Å². The maximum atomic E-state index is 12.4. The van der Waals surface area contributed by atoms with E-state index in [1.807, 2.05) is 6.07 Å². The number of rotatable bonds is 5. The summed E-state index contributed by atoms with van der Waals surface area (Å²) in [6.07, 6.45) is 0. The summed E-state index contributed by atoms with van der Waals surface area (Å²) >= 11 is 0. The van der Waals surface area contributed by atoms with Crippen LogP contribution in [-0.4, -0.2) is 34.8 Å². The highest BCUT2D eigenvalue weighted by molar-refractivity contribution is 6.02. The number of carbonyl (C=O) groups is 2. The van der Waals surface area contributed by atoms with Crippen molar-refractivity contribution in [2.24, 2.45) is 0 Å². The Kier molecular flexibility index (Phi) is 5.42. The standard InChI is InChI=1S/C21H18N4O5/c26-19(22-15-6-8-17-18(12-15)30-11-10-29-17)13-25-20(27)9-7-16(24-25)21(28)23-14-4-2-1-3-5-14/h1-9,12H,10-11,13H2,(H,22,26)(H,23,28). The molecule has 152 valence electrons. The van der Waals surface area contributed by atoms with Crippen LogP contribution in [0, 0.1) is 0 Å². The van der Waals surface area contributed by atoms with Gasteiger partial charge in [0, 0.05) is 23.5 Å². The predicted octanol–water partition coefficient (Wildman–Crippen LogP) is 1.91. The normalized spacial score (nSPS) is 12.1. The molecular formula is C21H18N4O5. The Hall–Kier alpha value is -4.14. The fourth-order valence-electron chi connectivity index (χ4n) is 2.86. The predicted molar refractivity (Wildman–Crippen MR) is 109 cm³/mol. The van der Waals surface area contributed by atoms with Crippen molar-refractivity contribution in [2.75, 3.05) is 23.8 Å². The summed E-state index contributed by atoms with van der Waals surface area (Å²) in [5.41, 5.74) is 0.614. The maximum absolute atomic E-state index is 12.4. The number of nitrogens with one attached hydrogen (secondary N) is 2. The summed E-state index contributed by atoms with van der Waals surface area (Å²) in [7, 11) is 0. The molecule has 2 heterocycles. The SMILES string of the molecule is O=C(Cn1nc(C(=O)Nc2ccccc2)ccc1=O)Nc1ccc2c(c1)OCCO2. The molecular weight excluding hydrogens is 388 g/mol. The Morgan fingerprint density at radius 1 is 0.900 bits per heavy atom. The lowest BCUT2D eigenvalue weighted by atomic mass is 10.2. The molecule has 0 fully saturated rings. The molecule has 0 atom stereocenters. The molecule has 30 heavy (non-hydrogen) atoms. The van der Waals surface area contributed by atoms with Gasteiger partial charge in [-0.1, -0.05) is 18.2 Å². The van der Waals surface area contributed by atoms with Gasteiger partial charge in [-0.3, -0.25) is 14.4 Å². The highest BCUT2D eigenvalue weighted by Crippen LogP contribution is 2.32. The Bertz CT molecular complexity index is 1140. The number of benzene rings is 2. The first kappa shape index (κ1) is 19.2. The quantitative estimate of drug-likeness (QED) is 0.670. The van der Waals surface area contributed by atoms with Gasteiger partial charge in [-0.25, -0.2) is 4.68 Å². The Morgan fingerprint density at radius 3 is 2.47 bits per heavy atom. The summed E-state index contributed by atoms with van der Waals surface area (Å²) < 4.78 is 11.9. The van der Waals surface area contributed by atoms with Gasteiger partial charge in [0.1, 0.15) is 25.5 Å². The molecule has 2 aromatic carbocycles. The van der Waals surface area contributed by atoms with Gasteiger partial charge in [0.25, 0.3) is 11.5 Å². The van der Waals surface area contributed by atoms with Crippen LogP contribution in [0.4, 0.5) is 11.4 Å². The average Bonchev–Trinajstić information content (AvgIpc) is 2.76. The third kappa shape index (κ3) is 4.46. The second kappa shape index (κ2) is 8.48. The van der Waals surface area contributed by atoms with Crippen molar-refractivity contribution in [2.45, 2.75) is 6.54 Å². The van der Waals surface area contributed by atoms with Gasteiger partial charge in [-0.05, 0) is 30.3 Å². The molecule has 9 heteroatoms. The van der Waals surface area contributed by atoms with Crippen LogP contribution in [0.2, 0.25) is 0 Å². The van der Waals surface area contributed by atoms with Crippen LogP contribution >= 0.6 is 0 Å². The molecule has 1 aromatic heterocycles. The van der Waals surface area contributed by atoms with E-state index in [0.29, 0.717) is 36.1 Å². The van der Waals surface area contributed by atoms with Crippen LogP contribution in [0.15, 0.2) is 65.5 Å². The van der Waals surface area contributed by atoms with Gasteiger partial charge >= 0.3 is 0 Å². The molecule has 2 amide bonds. The summed E-state index contributed by atoms with van der Waals surface area (Å²) in [6.45, 7) is 0.558. The summed E-state index contributed by atoms with van der Waals surface area (Å²) in [4.78, 5) is 36.9. The monoisotopic (exact) mass is 406 g/mol. The first-order valence-electron chi connectivity index (χ1n) is 9.22. The van der Waals surface area contributed by atoms with Crippen LogP contribution < -0.4 is 25.7 Å². The number of nitrogens with zero attached hydrogens (tertiary/aromatic N) is 2. The molecule has 9 nitrogen and oxygen atoms in total. The highest BCUT2D eigenvalue weighted by Gasteiger charge is 2.15. The van der Waals surface area contributed by atoms with E-state index in [1.54, 1.807) is 42.5 Å². The molecule has 0 saturated carbocycles. The number of carbonyl (C=O) groups excluding carboxylic acids is 2. The van der Waals surface area contributed by atoms with Gasteiger partial charge in [-0.2, -0.15) is 5.10 Å². The lowest BCUT2D eigenvalue weighted by molar-refractivity contribution is -0.117. The first-order valence-corrected chi connectivity index (χ1v) is 9.22. The third-order valence-electron chi connectivity index (χ3n) is 4.25. The second-order valence-corrected chi connectivity index (χ2v) is 6.44. The number of hydrogen-bond acceptors (Lipinski definition) is 6. The molecule has 2 N–H and O–H groups in total. The van der Waals surface area contributed by atoms with Crippen molar-refractivity contribution < 1.29 is 19.1 Å². The second-order valence-electron chi connectivity index (χ2n) is 6.44. The molecule has 0 aliphatic carbocycles. The Labute approximate surface area is 171 Å². The topological polar surface area (TPSA) is 112 Å². The maximum Gasteiger partial charge on any atom is 0.276 e. The largest absolute Gasteiger partial charge is 0.486 e. The smallest absolute Gasteiger partial charge is 0.276 e. The number of hydrogen-bond donors (Lipinski definition) is 2. The molecule has 0 saturated heterocycles. The van der Waals surface area contributed by atoms with Crippen molar-refractivity contribution in [3.63, 3.8) is 0 Å². The first-order chi connectivity index (χ1) is 14.6. The lowest BCUT2D eigenvalue weighted by Gasteiger charge is -2.19. The molecule has 1 aliphatic rings. The molecule has 0 spiro atoms. The minimum atomic E-state index is -0.497. The lowest BCUT2D eigenvalue weighted by Crippen LogP contribution is -2.31. The van der Waals surface area contributed by atoms with Crippen molar-refractivity contribution >= 4 is 23.2 Å². The molecule has 3 aromatic rings. The van der Waals surface area contributed by atoms with Crippen LogP contribution in [0.3, 0.4) is 0 Å². The van der Waals surface area contributed by atoms with Crippen LogP contribution in [0.1, 0.15) is 10.5 Å². The van der Waals surface area contributed by atoms with Gasteiger partial charge in [-0.15, -0.1) is 0 Å². The van der Waals surface area contributed by atoms with E-state index in [4.69, 9.17) is 9.47 Å². The van der Waals surface area contributed by atoms with Crippen LogP contribution in [0.25, 0.3) is 0 Å². The van der Waals surface area contributed by atoms with E-state index >= 15 is 0 Å². The zero-order chi connectivity index (χ0) is 20.9. The van der Waals surface area contributed by atoms with Gasteiger partial charge in [0.15, 0.2) is 11.5 Å². The number of aromatic nitrogens is 2. The minimum absolute atomic E-state index is 0.0191. The molecule has 0 radical (unpaired) electrons.